The molecule has 4 amide bonds. The average molecular weight is 564 g/mol. The number of carbonyl (C=O) groups is 3. The third-order valence-electron chi connectivity index (χ3n) is 6.14. The number of aryl methyl sites for hydroxylation is 1. The van der Waals surface area contributed by atoms with E-state index in [9.17, 15) is 31.9 Å². The number of nitrogens with zero attached hydrogens (tertiary/aromatic N) is 3. The van der Waals surface area contributed by atoms with E-state index < -0.39 is 54.5 Å². The molecule has 2 aromatic heterocycles. The van der Waals surface area contributed by atoms with E-state index in [2.05, 4.69) is 20.8 Å². The van der Waals surface area contributed by atoms with Gasteiger partial charge in [0, 0.05) is 18.9 Å². The van der Waals surface area contributed by atoms with E-state index in [1.54, 1.807) is 6.92 Å². The maximum atomic E-state index is 14.0. The molecule has 3 N–H and O–H groups in total. The number of nitrogens with one attached hydrogen (secondary N) is 3. The lowest BCUT2D eigenvalue weighted by Gasteiger charge is -2.27. The number of amides is 4. The van der Waals surface area contributed by atoms with Crippen molar-refractivity contribution in [3.8, 4) is 0 Å². The fourth-order valence-corrected chi connectivity index (χ4v) is 4.15. The van der Waals surface area contributed by atoms with Crippen LogP contribution in [0.4, 0.5) is 28.2 Å². The zero-order valence-electron chi connectivity index (χ0n) is 21.2. The fourth-order valence-electron chi connectivity index (χ4n) is 4.15. The zero-order valence-corrected chi connectivity index (χ0v) is 21.2. The molecule has 3 aromatic rings. The van der Waals surface area contributed by atoms with Gasteiger partial charge < -0.3 is 30.1 Å². The number of ether oxygens (including phenoxy) is 1. The molecule has 1 fully saturated rings. The van der Waals surface area contributed by atoms with Gasteiger partial charge in [-0.1, -0.05) is 17.3 Å². The minimum Gasteiger partial charge on any atom is -0.382 e. The Kier molecular flexibility index (Phi) is 8.32. The van der Waals surface area contributed by atoms with Gasteiger partial charge in [-0.2, -0.15) is 13.2 Å². The molecule has 0 saturated carbocycles. The van der Waals surface area contributed by atoms with E-state index in [1.807, 2.05) is 5.32 Å². The third kappa shape index (κ3) is 6.36. The smallest absolute Gasteiger partial charge is 0.382 e. The summed E-state index contributed by atoms with van der Waals surface area (Å²) >= 11 is 0. The van der Waals surface area contributed by atoms with Crippen LogP contribution < -0.4 is 16.0 Å². The first kappa shape index (κ1) is 28.5. The van der Waals surface area contributed by atoms with Crippen molar-refractivity contribution in [3.63, 3.8) is 0 Å². The summed E-state index contributed by atoms with van der Waals surface area (Å²) in [5.74, 6) is -2.24. The van der Waals surface area contributed by atoms with Gasteiger partial charge in [0.05, 0.1) is 19.2 Å². The van der Waals surface area contributed by atoms with Gasteiger partial charge in [-0.15, -0.1) is 0 Å². The highest BCUT2D eigenvalue weighted by Gasteiger charge is 2.48. The first-order chi connectivity index (χ1) is 19.0. The number of hydrogen-bond acceptors (Lipinski definition) is 7. The lowest BCUT2D eigenvalue weighted by atomic mass is 10.0. The van der Waals surface area contributed by atoms with Crippen molar-refractivity contribution in [2.75, 3.05) is 25.6 Å². The SMILES string of the molecule is COC[C@H](c1ccnc(NC(=O)[C@@H](NC(=O)c2nocc2C)c2cccc(F)c2)c1)N1C[C@@H](C(F)(F)F)NC1=O. The summed E-state index contributed by atoms with van der Waals surface area (Å²) in [7, 11) is 1.33. The molecule has 11 nitrogen and oxygen atoms in total. The number of halogens is 4. The largest absolute Gasteiger partial charge is 0.410 e. The monoisotopic (exact) mass is 564 g/mol. The lowest BCUT2D eigenvalue weighted by Crippen LogP contribution is -2.40. The summed E-state index contributed by atoms with van der Waals surface area (Å²) in [4.78, 5) is 43.5. The summed E-state index contributed by atoms with van der Waals surface area (Å²) in [6, 6.07) is 2.55. The summed E-state index contributed by atoms with van der Waals surface area (Å²) in [5.41, 5.74) is 0.785. The van der Waals surface area contributed by atoms with E-state index in [0.29, 0.717) is 11.1 Å². The first-order valence-corrected chi connectivity index (χ1v) is 11.8. The number of methoxy groups -OCH3 is 1. The van der Waals surface area contributed by atoms with Gasteiger partial charge >= 0.3 is 12.2 Å². The van der Waals surface area contributed by atoms with Gasteiger partial charge in [-0.25, -0.2) is 14.2 Å². The molecule has 1 aliphatic rings. The van der Waals surface area contributed by atoms with Gasteiger partial charge in [-0.3, -0.25) is 9.59 Å². The topological polar surface area (TPSA) is 139 Å². The molecule has 15 heteroatoms. The van der Waals surface area contributed by atoms with Gasteiger partial charge in [0.1, 0.15) is 30.0 Å². The molecule has 1 saturated heterocycles. The van der Waals surface area contributed by atoms with Crippen LogP contribution in [0.25, 0.3) is 0 Å². The van der Waals surface area contributed by atoms with Crippen LogP contribution in [0, 0.1) is 12.7 Å². The summed E-state index contributed by atoms with van der Waals surface area (Å²) in [5, 5.41) is 10.5. The quantitative estimate of drug-likeness (QED) is 0.339. The Morgan fingerprint density at radius 3 is 2.65 bits per heavy atom. The average Bonchev–Trinajstić information content (AvgIpc) is 3.51. The first-order valence-electron chi connectivity index (χ1n) is 11.8. The molecule has 0 spiro atoms. The molecular formula is C25H24F4N6O5. The second-order valence-corrected chi connectivity index (χ2v) is 8.94. The molecule has 3 atom stereocenters. The Bertz CT molecular complexity index is 1400. The van der Waals surface area contributed by atoms with Crippen LogP contribution in [0.15, 0.2) is 53.4 Å². The number of urea groups is 1. The van der Waals surface area contributed by atoms with Crippen molar-refractivity contribution in [2.24, 2.45) is 0 Å². The number of benzene rings is 1. The van der Waals surface area contributed by atoms with E-state index in [1.165, 1.54) is 49.9 Å². The van der Waals surface area contributed by atoms with Crippen molar-refractivity contribution in [2.45, 2.75) is 31.2 Å². The molecule has 40 heavy (non-hydrogen) atoms. The normalized spacial score (nSPS) is 16.8. The highest BCUT2D eigenvalue weighted by atomic mass is 19.4. The molecule has 1 aliphatic heterocycles. The number of pyridine rings is 1. The summed E-state index contributed by atoms with van der Waals surface area (Å²) in [6.45, 7) is 0.788. The second kappa shape index (κ2) is 11.7. The lowest BCUT2D eigenvalue weighted by molar-refractivity contribution is -0.150. The van der Waals surface area contributed by atoms with Crippen molar-refractivity contribution in [1.82, 2.24) is 25.7 Å². The summed E-state index contributed by atoms with van der Waals surface area (Å²) < 4.78 is 63.6. The van der Waals surface area contributed by atoms with Crippen LogP contribution >= 0.6 is 0 Å². The Morgan fingerprint density at radius 2 is 2.02 bits per heavy atom. The standard InChI is InChI=1S/C25H24F4N6O5/c1-13-11-40-34-20(13)22(36)33-21(15-4-3-5-16(26)8-15)23(37)32-19-9-14(6-7-30-19)17(12-39-2)35-10-18(25(27,28)29)31-24(35)38/h3-9,11,17-18,21H,10,12H2,1-2H3,(H,31,38)(H,33,36)(H,30,32,37)/t17-,18+,21+/m1/s1. The Morgan fingerprint density at radius 1 is 1.25 bits per heavy atom. The molecule has 4 rings (SSSR count). The van der Waals surface area contributed by atoms with Crippen molar-refractivity contribution in [3.05, 3.63) is 77.1 Å². The van der Waals surface area contributed by atoms with Crippen LogP contribution in [0.3, 0.4) is 0 Å². The van der Waals surface area contributed by atoms with E-state index in [0.717, 1.165) is 11.0 Å². The highest BCUT2D eigenvalue weighted by molar-refractivity contribution is 6.01. The van der Waals surface area contributed by atoms with Crippen LogP contribution in [0.5, 0.6) is 0 Å². The minimum atomic E-state index is -4.64. The number of hydrogen-bond donors (Lipinski definition) is 3. The fraction of sp³-hybridized carbons (Fsp3) is 0.320. The zero-order chi connectivity index (χ0) is 29.0. The Balaban J connectivity index is 1.58. The van der Waals surface area contributed by atoms with Gasteiger partial charge in [0.25, 0.3) is 11.8 Å². The van der Waals surface area contributed by atoms with Gasteiger partial charge in [-0.05, 0) is 42.3 Å². The number of alkyl halides is 3. The van der Waals surface area contributed by atoms with Gasteiger partial charge in [0.15, 0.2) is 5.69 Å². The van der Waals surface area contributed by atoms with E-state index in [4.69, 9.17) is 9.26 Å². The molecule has 0 radical (unpaired) electrons. The van der Waals surface area contributed by atoms with Crippen molar-refractivity contribution < 1.29 is 41.2 Å². The van der Waals surface area contributed by atoms with E-state index >= 15 is 0 Å². The molecule has 1 aromatic carbocycles. The molecular weight excluding hydrogens is 540 g/mol. The van der Waals surface area contributed by atoms with Gasteiger partial charge in [0.2, 0.25) is 0 Å². The van der Waals surface area contributed by atoms with Crippen LogP contribution in [-0.2, 0) is 9.53 Å². The minimum absolute atomic E-state index is 0.0381. The second-order valence-electron chi connectivity index (χ2n) is 8.94. The molecule has 0 aliphatic carbocycles. The Labute approximate surface area is 224 Å². The molecule has 0 bridgehead atoms. The van der Waals surface area contributed by atoms with Crippen molar-refractivity contribution >= 4 is 23.7 Å². The number of carbonyl (C=O) groups excluding carboxylic acids is 3. The van der Waals surface area contributed by atoms with Crippen LogP contribution in [0.1, 0.15) is 39.3 Å². The number of anilines is 1. The Hall–Kier alpha value is -4.53. The predicted molar refractivity (Wildman–Crippen MR) is 130 cm³/mol. The number of aromatic nitrogens is 2. The number of rotatable bonds is 9. The molecule has 0 unspecified atom stereocenters. The third-order valence-corrected chi connectivity index (χ3v) is 6.14. The predicted octanol–water partition coefficient (Wildman–Crippen LogP) is 3.27. The van der Waals surface area contributed by atoms with Crippen LogP contribution in [-0.4, -0.2) is 65.4 Å². The van der Waals surface area contributed by atoms with Crippen molar-refractivity contribution in [1.29, 1.82) is 0 Å². The highest BCUT2D eigenvalue weighted by Crippen LogP contribution is 2.31. The van der Waals surface area contributed by atoms with Crippen LogP contribution in [0.2, 0.25) is 0 Å². The maximum absolute atomic E-state index is 14.0. The van der Waals surface area contributed by atoms with E-state index in [-0.39, 0.29) is 23.7 Å². The molecule has 3 heterocycles. The maximum Gasteiger partial charge on any atom is 0.410 e. The summed E-state index contributed by atoms with van der Waals surface area (Å²) in [6.07, 6.45) is -2.10. The molecule has 212 valence electrons.